The molecule has 18 heavy (non-hydrogen) atoms. The molecular formula is C11H9N3O4. The molecule has 3 N–H and O–H groups in total. The molecule has 1 aliphatic heterocycles. The third kappa shape index (κ3) is 2.05. The van der Waals surface area contributed by atoms with Crippen LogP contribution in [0.2, 0.25) is 0 Å². The van der Waals surface area contributed by atoms with Crippen molar-refractivity contribution in [2.75, 3.05) is 4.90 Å². The van der Waals surface area contributed by atoms with Gasteiger partial charge in [-0.2, -0.15) is 0 Å². The summed E-state index contributed by atoms with van der Waals surface area (Å²) >= 11 is 0. The first-order chi connectivity index (χ1) is 8.49. The summed E-state index contributed by atoms with van der Waals surface area (Å²) in [6.45, 7) is 0. The number of anilines is 1. The number of imide groups is 2. The van der Waals surface area contributed by atoms with Crippen molar-refractivity contribution in [2.24, 2.45) is 5.73 Å². The molecular weight excluding hydrogens is 238 g/mol. The highest BCUT2D eigenvalue weighted by molar-refractivity contribution is 6.26. The number of hydrogen-bond donors (Lipinski definition) is 2. The number of hydrogen-bond acceptors (Lipinski definition) is 4. The predicted molar refractivity (Wildman–Crippen MR) is 60.6 cm³/mol. The van der Waals surface area contributed by atoms with E-state index in [2.05, 4.69) is 0 Å². The summed E-state index contributed by atoms with van der Waals surface area (Å²) in [6.07, 6.45) is -0.410. The molecule has 1 aliphatic rings. The lowest BCUT2D eigenvalue weighted by Gasteiger charge is -2.24. The molecule has 7 heteroatoms. The van der Waals surface area contributed by atoms with Gasteiger partial charge in [-0.15, -0.1) is 0 Å². The highest BCUT2D eigenvalue weighted by atomic mass is 16.2. The first-order valence-electron chi connectivity index (χ1n) is 5.05. The van der Waals surface area contributed by atoms with E-state index in [-0.39, 0.29) is 11.3 Å². The van der Waals surface area contributed by atoms with Crippen LogP contribution < -0.4 is 16.0 Å². The number of benzene rings is 1. The van der Waals surface area contributed by atoms with E-state index in [1.54, 1.807) is 0 Å². The first-order valence-corrected chi connectivity index (χ1v) is 5.05. The minimum Gasteiger partial charge on any atom is -0.366 e. The van der Waals surface area contributed by atoms with Gasteiger partial charge in [0.1, 0.15) is 6.42 Å². The van der Waals surface area contributed by atoms with Crippen LogP contribution in [0.3, 0.4) is 0 Å². The molecule has 0 unspecified atom stereocenters. The Kier molecular flexibility index (Phi) is 2.80. The Morgan fingerprint density at radius 1 is 1.28 bits per heavy atom. The van der Waals surface area contributed by atoms with Gasteiger partial charge in [-0.05, 0) is 18.2 Å². The molecule has 0 atom stereocenters. The van der Waals surface area contributed by atoms with Gasteiger partial charge in [-0.1, -0.05) is 6.07 Å². The molecule has 0 radical (unpaired) electrons. The molecule has 7 nitrogen and oxygen atoms in total. The van der Waals surface area contributed by atoms with E-state index >= 15 is 0 Å². The fourth-order valence-corrected chi connectivity index (χ4v) is 1.61. The van der Waals surface area contributed by atoms with Crippen molar-refractivity contribution in [3.05, 3.63) is 29.8 Å². The second-order valence-electron chi connectivity index (χ2n) is 3.67. The summed E-state index contributed by atoms with van der Waals surface area (Å²) < 4.78 is 0. The minimum atomic E-state index is -0.835. The van der Waals surface area contributed by atoms with Crippen molar-refractivity contribution in [3.63, 3.8) is 0 Å². The summed E-state index contributed by atoms with van der Waals surface area (Å²) in [5.74, 6) is -1.96. The maximum absolute atomic E-state index is 11.6. The fraction of sp³-hybridized carbons (Fsp3) is 0.0909. The second-order valence-corrected chi connectivity index (χ2v) is 3.67. The molecule has 2 rings (SSSR count). The lowest BCUT2D eigenvalue weighted by molar-refractivity contribution is -0.128. The zero-order valence-electron chi connectivity index (χ0n) is 9.17. The average Bonchev–Trinajstić information content (AvgIpc) is 2.28. The number of amides is 5. The topological polar surface area (TPSA) is 110 Å². The number of nitrogens with one attached hydrogen (secondary N) is 1. The van der Waals surface area contributed by atoms with Crippen molar-refractivity contribution in [1.29, 1.82) is 0 Å². The van der Waals surface area contributed by atoms with Crippen LogP contribution in [-0.4, -0.2) is 23.8 Å². The Morgan fingerprint density at radius 3 is 2.61 bits per heavy atom. The zero-order valence-corrected chi connectivity index (χ0v) is 9.17. The maximum Gasteiger partial charge on any atom is 0.335 e. The third-order valence-corrected chi connectivity index (χ3v) is 2.40. The summed E-state index contributed by atoms with van der Waals surface area (Å²) in [4.78, 5) is 46.0. The van der Waals surface area contributed by atoms with Crippen molar-refractivity contribution in [1.82, 2.24) is 5.32 Å². The zero-order chi connectivity index (χ0) is 13.3. The van der Waals surface area contributed by atoms with Crippen molar-refractivity contribution >= 4 is 29.4 Å². The summed E-state index contributed by atoms with van der Waals surface area (Å²) in [5.41, 5.74) is 5.47. The van der Waals surface area contributed by atoms with Gasteiger partial charge in [0.15, 0.2) is 0 Å². The van der Waals surface area contributed by atoms with Gasteiger partial charge >= 0.3 is 6.03 Å². The molecule has 0 spiro atoms. The van der Waals surface area contributed by atoms with Gasteiger partial charge in [-0.25, -0.2) is 9.69 Å². The highest BCUT2D eigenvalue weighted by Gasteiger charge is 2.32. The number of rotatable bonds is 2. The van der Waals surface area contributed by atoms with Crippen molar-refractivity contribution in [2.45, 2.75) is 6.42 Å². The summed E-state index contributed by atoms with van der Waals surface area (Å²) in [5, 5.41) is 2.02. The van der Waals surface area contributed by atoms with Crippen molar-refractivity contribution in [3.8, 4) is 0 Å². The lowest BCUT2D eigenvalue weighted by atomic mass is 10.1. The Bertz CT molecular complexity index is 547. The maximum atomic E-state index is 11.6. The number of barbiturate groups is 1. The van der Waals surface area contributed by atoms with Crippen LogP contribution in [0.5, 0.6) is 0 Å². The van der Waals surface area contributed by atoms with Crippen LogP contribution in [0, 0.1) is 0 Å². The largest absolute Gasteiger partial charge is 0.366 e. The van der Waals surface area contributed by atoms with Gasteiger partial charge in [-0.3, -0.25) is 19.7 Å². The number of carbonyl (C=O) groups is 4. The van der Waals surface area contributed by atoms with E-state index in [0.29, 0.717) is 0 Å². The van der Waals surface area contributed by atoms with E-state index in [0.717, 1.165) is 4.90 Å². The van der Waals surface area contributed by atoms with Gasteiger partial charge in [0.25, 0.3) is 0 Å². The van der Waals surface area contributed by atoms with Crippen LogP contribution in [0.15, 0.2) is 24.3 Å². The third-order valence-electron chi connectivity index (χ3n) is 2.40. The highest BCUT2D eigenvalue weighted by Crippen LogP contribution is 2.19. The van der Waals surface area contributed by atoms with Gasteiger partial charge in [0, 0.05) is 5.56 Å². The Morgan fingerprint density at radius 2 is 2.00 bits per heavy atom. The van der Waals surface area contributed by atoms with E-state index in [9.17, 15) is 19.2 Å². The second kappa shape index (κ2) is 4.28. The number of nitrogens with zero attached hydrogens (tertiary/aromatic N) is 1. The normalized spacial score (nSPS) is 15.6. The first kappa shape index (κ1) is 11.8. The van der Waals surface area contributed by atoms with E-state index < -0.39 is 30.2 Å². The standard InChI is InChI=1S/C11H9N3O4/c12-10(17)6-2-1-3-7(4-6)14-9(16)5-8(15)13-11(14)18/h1-4H,5H2,(H2,12,17)(H,13,15,18). The molecule has 0 saturated carbocycles. The number of nitrogens with two attached hydrogens (primary N) is 1. The van der Waals surface area contributed by atoms with Crippen LogP contribution in [0.25, 0.3) is 0 Å². The van der Waals surface area contributed by atoms with Crippen LogP contribution in [0.1, 0.15) is 16.8 Å². The molecule has 1 fully saturated rings. The smallest absolute Gasteiger partial charge is 0.335 e. The van der Waals surface area contributed by atoms with E-state index in [1.807, 2.05) is 5.32 Å². The van der Waals surface area contributed by atoms with Crippen LogP contribution >= 0.6 is 0 Å². The Balaban J connectivity index is 2.39. The van der Waals surface area contributed by atoms with Gasteiger partial charge in [0.05, 0.1) is 5.69 Å². The molecule has 5 amide bonds. The number of urea groups is 1. The molecule has 1 aromatic carbocycles. The number of carbonyl (C=O) groups excluding carboxylic acids is 4. The van der Waals surface area contributed by atoms with Crippen molar-refractivity contribution < 1.29 is 19.2 Å². The molecule has 92 valence electrons. The van der Waals surface area contributed by atoms with Crippen LogP contribution in [0.4, 0.5) is 10.5 Å². The monoisotopic (exact) mass is 247 g/mol. The average molecular weight is 247 g/mol. The lowest BCUT2D eigenvalue weighted by Crippen LogP contribution is -2.53. The van der Waals surface area contributed by atoms with Crippen LogP contribution in [-0.2, 0) is 9.59 Å². The number of primary amides is 1. The SMILES string of the molecule is NC(=O)c1cccc(N2C(=O)CC(=O)NC2=O)c1. The molecule has 0 aliphatic carbocycles. The van der Waals surface area contributed by atoms with Gasteiger partial charge in [0.2, 0.25) is 17.7 Å². The summed E-state index contributed by atoms with van der Waals surface area (Å²) in [6, 6.07) is 4.91. The molecule has 1 saturated heterocycles. The molecule has 0 bridgehead atoms. The van der Waals surface area contributed by atoms with Gasteiger partial charge < -0.3 is 5.73 Å². The molecule has 1 aromatic rings. The predicted octanol–water partition coefficient (Wildman–Crippen LogP) is -0.242. The Labute approximate surface area is 102 Å². The minimum absolute atomic E-state index is 0.171. The molecule has 1 heterocycles. The van der Waals surface area contributed by atoms with E-state index in [1.165, 1.54) is 24.3 Å². The quantitative estimate of drug-likeness (QED) is 0.702. The van der Waals surface area contributed by atoms with E-state index in [4.69, 9.17) is 5.73 Å². The summed E-state index contributed by atoms with van der Waals surface area (Å²) in [7, 11) is 0. The fourth-order valence-electron chi connectivity index (χ4n) is 1.61. The molecule has 0 aromatic heterocycles. The Hall–Kier alpha value is -2.70.